The third kappa shape index (κ3) is 2.80. The molecule has 0 amide bonds. The van der Waals surface area contributed by atoms with Gasteiger partial charge in [-0.15, -0.1) is 16.4 Å². The summed E-state index contributed by atoms with van der Waals surface area (Å²) in [6, 6.07) is 1.76. The Balaban J connectivity index is 2.21. The second-order valence-electron chi connectivity index (χ2n) is 4.17. The zero-order valence-electron chi connectivity index (χ0n) is 11.1. The van der Waals surface area contributed by atoms with E-state index in [1.54, 1.807) is 10.6 Å². The van der Waals surface area contributed by atoms with Crippen LogP contribution in [0.25, 0.3) is 16.2 Å². The number of hydrogen-bond acceptors (Lipinski definition) is 6. The van der Waals surface area contributed by atoms with Crippen LogP contribution in [0.1, 0.15) is 10.7 Å². The zero-order chi connectivity index (χ0) is 15.9. The maximum Gasteiger partial charge on any atom is 0.213 e. The fourth-order valence-corrected chi connectivity index (χ4v) is 4.04. The van der Waals surface area contributed by atoms with E-state index in [9.17, 15) is 0 Å². The van der Waals surface area contributed by atoms with E-state index in [2.05, 4.69) is 20.3 Å². The molecule has 0 atom stereocenters. The van der Waals surface area contributed by atoms with E-state index in [-0.39, 0.29) is 5.96 Å². The molecule has 3 aromatic heterocycles. The van der Waals surface area contributed by atoms with E-state index in [1.165, 1.54) is 28.9 Å². The molecular formula is C11H9Cl2N7S2. The van der Waals surface area contributed by atoms with Gasteiger partial charge in [-0.05, 0) is 13.0 Å². The van der Waals surface area contributed by atoms with Gasteiger partial charge >= 0.3 is 0 Å². The van der Waals surface area contributed by atoms with Crippen LogP contribution >= 0.6 is 45.9 Å². The molecule has 0 radical (unpaired) electrons. The Hall–Kier alpha value is -1.68. The van der Waals surface area contributed by atoms with Gasteiger partial charge in [-0.25, -0.2) is 9.50 Å². The van der Waals surface area contributed by atoms with Gasteiger partial charge in [0.05, 0.1) is 10.6 Å². The fraction of sp³-hybridized carbons (Fsp3) is 0.0909. The molecule has 0 saturated carbocycles. The van der Waals surface area contributed by atoms with Crippen molar-refractivity contribution >= 4 is 63.0 Å². The van der Waals surface area contributed by atoms with Gasteiger partial charge in [-0.2, -0.15) is 10.2 Å². The molecule has 0 spiro atoms. The topological polar surface area (TPSA) is 107 Å². The van der Waals surface area contributed by atoms with Crippen LogP contribution in [0, 0.1) is 6.92 Å². The number of thiophene rings is 1. The first-order valence-electron chi connectivity index (χ1n) is 5.89. The average molecular weight is 374 g/mol. The largest absolute Gasteiger partial charge is 0.369 e. The Labute approximate surface area is 142 Å². The van der Waals surface area contributed by atoms with Crippen molar-refractivity contribution in [2.75, 3.05) is 0 Å². The number of imidazole rings is 1. The van der Waals surface area contributed by atoms with Crippen LogP contribution in [0.2, 0.25) is 8.67 Å². The molecule has 7 nitrogen and oxygen atoms in total. The summed E-state index contributed by atoms with van der Waals surface area (Å²) < 4.78 is 2.79. The van der Waals surface area contributed by atoms with Gasteiger partial charge < -0.3 is 11.5 Å². The Morgan fingerprint density at radius 2 is 2.14 bits per heavy atom. The van der Waals surface area contributed by atoms with Gasteiger partial charge in [0.25, 0.3) is 0 Å². The van der Waals surface area contributed by atoms with Gasteiger partial charge in [-0.3, -0.25) is 0 Å². The van der Waals surface area contributed by atoms with E-state index >= 15 is 0 Å². The molecule has 3 aromatic rings. The standard InChI is InChI=1S/C11H9Cl2N7S2/c1-4-19-20-6(3-16-18-10(14)15)8(17-11(20)21-4)5-2-7(12)22-9(5)13/h2-3H,1H3,(H4,14,15,18)/b16-3+. The molecular weight excluding hydrogens is 365 g/mol. The van der Waals surface area contributed by atoms with Gasteiger partial charge in [0, 0.05) is 5.56 Å². The second-order valence-corrected chi connectivity index (χ2v) is 7.61. The maximum atomic E-state index is 6.22. The number of halogens is 2. The van der Waals surface area contributed by atoms with Gasteiger partial charge in [0.1, 0.15) is 20.7 Å². The monoisotopic (exact) mass is 373 g/mol. The van der Waals surface area contributed by atoms with E-state index in [0.717, 1.165) is 15.5 Å². The molecule has 0 aliphatic heterocycles. The Kier molecular flexibility index (Phi) is 4.04. The molecule has 0 aliphatic rings. The highest BCUT2D eigenvalue weighted by Crippen LogP contribution is 2.39. The molecule has 114 valence electrons. The minimum atomic E-state index is -0.135. The van der Waals surface area contributed by atoms with Crippen molar-refractivity contribution in [1.29, 1.82) is 0 Å². The number of guanidine groups is 1. The molecule has 11 heteroatoms. The van der Waals surface area contributed by atoms with E-state index < -0.39 is 0 Å². The van der Waals surface area contributed by atoms with Crippen LogP contribution < -0.4 is 11.5 Å². The summed E-state index contributed by atoms with van der Waals surface area (Å²) in [5, 5.41) is 12.7. The fourth-order valence-electron chi connectivity index (χ4n) is 1.83. The molecule has 3 rings (SSSR count). The van der Waals surface area contributed by atoms with E-state index in [0.29, 0.717) is 20.1 Å². The highest BCUT2D eigenvalue weighted by atomic mass is 35.5. The molecule has 4 N–H and O–H groups in total. The lowest BCUT2D eigenvalue weighted by atomic mass is 10.2. The van der Waals surface area contributed by atoms with Crippen molar-refractivity contribution in [2.24, 2.45) is 21.7 Å². The minimum Gasteiger partial charge on any atom is -0.369 e. The van der Waals surface area contributed by atoms with Gasteiger partial charge in [-0.1, -0.05) is 34.5 Å². The lowest BCUT2D eigenvalue weighted by molar-refractivity contribution is 0.938. The quantitative estimate of drug-likeness (QED) is 0.418. The summed E-state index contributed by atoms with van der Waals surface area (Å²) in [5.74, 6) is -0.135. The maximum absolute atomic E-state index is 6.22. The van der Waals surface area contributed by atoms with Crippen molar-refractivity contribution in [3.63, 3.8) is 0 Å². The van der Waals surface area contributed by atoms with Crippen LogP contribution in [0.4, 0.5) is 0 Å². The molecule has 3 heterocycles. The number of rotatable bonds is 3. The van der Waals surface area contributed by atoms with Crippen molar-refractivity contribution < 1.29 is 0 Å². The third-order valence-corrected chi connectivity index (χ3v) is 4.92. The number of nitrogens with two attached hydrogens (primary N) is 2. The lowest BCUT2D eigenvalue weighted by Crippen LogP contribution is -2.21. The number of aryl methyl sites for hydroxylation is 1. The Bertz CT molecular complexity index is 901. The smallest absolute Gasteiger partial charge is 0.213 e. The van der Waals surface area contributed by atoms with Crippen LogP contribution in [0.5, 0.6) is 0 Å². The van der Waals surface area contributed by atoms with Crippen LogP contribution in [0.3, 0.4) is 0 Å². The molecule has 22 heavy (non-hydrogen) atoms. The first kappa shape index (κ1) is 15.2. The first-order valence-corrected chi connectivity index (χ1v) is 8.28. The molecule has 0 unspecified atom stereocenters. The number of aromatic nitrogens is 3. The third-order valence-electron chi connectivity index (χ3n) is 2.60. The second kappa shape index (κ2) is 5.84. The first-order chi connectivity index (χ1) is 10.5. The normalized spacial score (nSPS) is 11.6. The van der Waals surface area contributed by atoms with E-state index in [4.69, 9.17) is 34.7 Å². The summed E-state index contributed by atoms with van der Waals surface area (Å²) in [4.78, 5) is 5.28. The molecule has 0 fully saturated rings. The molecule has 0 aromatic carbocycles. The van der Waals surface area contributed by atoms with Crippen molar-refractivity contribution in [2.45, 2.75) is 6.92 Å². The highest BCUT2D eigenvalue weighted by Gasteiger charge is 2.19. The predicted octanol–water partition coefficient (Wildman–Crippen LogP) is 2.74. The van der Waals surface area contributed by atoms with Crippen molar-refractivity contribution in [3.8, 4) is 11.3 Å². The van der Waals surface area contributed by atoms with Gasteiger partial charge in [0.15, 0.2) is 0 Å². The summed E-state index contributed by atoms with van der Waals surface area (Å²) in [5.41, 5.74) is 12.5. The van der Waals surface area contributed by atoms with Crippen molar-refractivity contribution in [1.82, 2.24) is 14.6 Å². The molecule has 0 aliphatic carbocycles. The Morgan fingerprint density at radius 3 is 2.77 bits per heavy atom. The van der Waals surface area contributed by atoms with Crippen molar-refractivity contribution in [3.05, 3.63) is 25.4 Å². The summed E-state index contributed by atoms with van der Waals surface area (Å²) in [6.07, 6.45) is 1.48. The SMILES string of the molecule is Cc1nn2c(/C=N/N=C(N)N)c(-c3cc(Cl)sc3Cl)nc2s1. The van der Waals surface area contributed by atoms with Crippen LogP contribution in [-0.4, -0.2) is 26.8 Å². The molecule has 0 saturated heterocycles. The number of hydrogen-bond donors (Lipinski definition) is 2. The van der Waals surface area contributed by atoms with Crippen LogP contribution in [-0.2, 0) is 0 Å². The molecule has 0 bridgehead atoms. The zero-order valence-corrected chi connectivity index (χ0v) is 14.3. The summed E-state index contributed by atoms with van der Waals surface area (Å²) in [7, 11) is 0. The van der Waals surface area contributed by atoms with E-state index in [1.807, 2.05) is 6.92 Å². The Morgan fingerprint density at radius 1 is 1.36 bits per heavy atom. The number of nitrogens with zero attached hydrogens (tertiary/aromatic N) is 5. The average Bonchev–Trinajstić information content (AvgIpc) is 3.03. The lowest BCUT2D eigenvalue weighted by Gasteiger charge is -1.96. The summed E-state index contributed by atoms with van der Waals surface area (Å²) >= 11 is 15.0. The minimum absolute atomic E-state index is 0.135. The summed E-state index contributed by atoms with van der Waals surface area (Å²) in [6.45, 7) is 1.89. The number of fused-ring (bicyclic) bond motifs is 1. The van der Waals surface area contributed by atoms with Gasteiger partial charge in [0.2, 0.25) is 10.9 Å². The van der Waals surface area contributed by atoms with Crippen LogP contribution in [0.15, 0.2) is 16.3 Å². The predicted molar refractivity (Wildman–Crippen MR) is 92.3 cm³/mol. The highest BCUT2D eigenvalue weighted by molar-refractivity contribution is 7.20.